The minimum atomic E-state index is -0.919. The second-order valence-corrected chi connectivity index (χ2v) is 9.51. The van der Waals surface area contributed by atoms with Gasteiger partial charge in [-0.3, -0.25) is 4.79 Å². The number of benzene rings is 2. The molecule has 1 aliphatic heterocycles. The van der Waals surface area contributed by atoms with E-state index in [1.165, 1.54) is 5.56 Å². The summed E-state index contributed by atoms with van der Waals surface area (Å²) in [6.07, 6.45) is 1.62. The second-order valence-electron chi connectivity index (χ2n) is 9.51. The number of carbonyl (C=O) groups is 2. The topological polar surface area (TPSA) is 85.8 Å². The molecule has 0 radical (unpaired) electrons. The smallest absolute Gasteiger partial charge is 0.335 e. The van der Waals surface area contributed by atoms with E-state index in [9.17, 15) is 9.59 Å². The van der Waals surface area contributed by atoms with Crippen molar-refractivity contribution in [3.63, 3.8) is 0 Å². The summed E-state index contributed by atoms with van der Waals surface area (Å²) in [6.45, 7) is 9.67. The average molecular weight is 459 g/mol. The summed E-state index contributed by atoms with van der Waals surface area (Å²) < 4.78 is 0. The number of nitrogens with one attached hydrogen (secondary N) is 1. The average Bonchev–Trinajstić information content (AvgIpc) is 2.84. The zero-order valence-electron chi connectivity index (χ0n) is 19.8. The Morgan fingerprint density at radius 3 is 1.94 bits per heavy atom. The number of hydrogen-bond acceptors (Lipinski definition) is 5. The lowest BCUT2D eigenvalue weighted by atomic mass is 9.87. The lowest BCUT2D eigenvalue weighted by Crippen LogP contribution is -2.46. The molecule has 1 saturated heterocycles. The van der Waals surface area contributed by atoms with Crippen LogP contribution >= 0.6 is 0 Å². The molecule has 1 fully saturated rings. The highest BCUT2D eigenvalue weighted by Gasteiger charge is 2.19. The van der Waals surface area contributed by atoms with Crippen molar-refractivity contribution in [2.24, 2.45) is 0 Å². The molecule has 1 aromatic heterocycles. The molecule has 0 aliphatic carbocycles. The second kappa shape index (κ2) is 9.55. The van der Waals surface area contributed by atoms with Crippen molar-refractivity contribution in [3.8, 4) is 0 Å². The number of carbonyl (C=O) groups excluding carboxylic acids is 1. The standard InChI is InChI=1S/C27H30N4O3/c1-27(2,3)21-7-9-22(10-8-21)29-25(32)20-6-13-24(28-18-20)31-16-14-30(15-17-31)23-11-4-19(5-12-23)26(33)34/h4-13,18H,14-17H2,1-3H3,(H,29,32)(H,33,34). The van der Waals surface area contributed by atoms with Gasteiger partial charge in [0.2, 0.25) is 0 Å². The number of aromatic carboxylic acids is 1. The van der Waals surface area contributed by atoms with Gasteiger partial charge in [-0.15, -0.1) is 0 Å². The summed E-state index contributed by atoms with van der Waals surface area (Å²) in [7, 11) is 0. The fraction of sp³-hybridized carbons (Fsp3) is 0.296. The first kappa shape index (κ1) is 23.3. The lowest BCUT2D eigenvalue weighted by Gasteiger charge is -2.36. The number of hydrogen-bond donors (Lipinski definition) is 2. The van der Waals surface area contributed by atoms with Crippen LogP contribution in [-0.2, 0) is 5.41 Å². The number of piperazine rings is 1. The van der Waals surface area contributed by atoms with Crippen LogP contribution in [0.1, 0.15) is 47.1 Å². The molecule has 0 saturated carbocycles. The number of amides is 1. The number of aromatic nitrogens is 1. The van der Waals surface area contributed by atoms with Crippen molar-refractivity contribution in [2.45, 2.75) is 26.2 Å². The van der Waals surface area contributed by atoms with Gasteiger partial charge >= 0.3 is 5.97 Å². The Labute approximate surface area is 200 Å². The molecule has 3 aromatic rings. The Kier molecular flexibility index (Phi) is 6.54. The van der Waals surface area contributed by atoms with Gasteiger partial charge in [-0.1, -0.05) is 32.9 Å². The molecular weight excluding hydrogens is 428 g/mol. The fourth-order valence-electron chi connectivity index (χ4n) is 3.97. The van der Waals surface area contributed by atoms with Crippen molar-refractivity contribution in [1.29, 1.82) is 0 Å². The van der Waals surface area contributed by atoms with Gasteiger partial charge in [-0.25, -0.2) is 9.78 Å². The van der Waals surface area contributed by atoms with Gasteiger partial charge in [0.15, 0.2) is 0 Å². The van der Waals surface area contributed by atoms with E-state index in [0.29, 0.717) is 5.56 Å². The van der Waals surface area contributed by atoms with Gasteiger partial charge in [0.25, 0.3) is 5.91 Å². The molecule has 34 heavy (non-hydrogen) atoms. The molecule has 7 heteroatoms. The van der Waals surface area contributed by atoms with E-state index in [0.717, 1.165) is 43.4 Å². The maximum atomic E-state index is 12.6. The van der Waals surface area contributed by atoms with Crippen molar-refractivity contribution >= 4 is 29.1 Å². The summed E-state index contributed by atoms with van der Waals surface area (Å²) in [6, 6.07) is 18.6. The number of rotatable bonds is 5. The number of anilines is 3. The minimum Gasteiger partial charge on any atom is -0.478 e. The third-order valence-corrected chi connectivity index (χ3v) is 6.10. The van der Waals surface area contributed by atoms with E-state index in [4.69, 9.17) is 5.11 Å². The molecule has 0 atom stereocenters. The molecule has 2 aromatic carbocycles. The van der Waals surface area contributed by atoms with Crippen LogP contribution < -0.4 is 15.1 Å². The van der Waals surface area contributed by atoms with Crippen molar-refractivity contribution in [2.75, 3.05) is 41.3 Å². The Morgan fingerprint density at radius 1 is 0.824 bits per heavy atom. The number of pyridine rings is 1. The Morgan fingerprint density at radius 2 is 1.41 bits per heavy atom. The molecule has 4 rings (SSSR count). The molecule has 176 valence electrons. The summed E-state index contributed by atoms with van der Waals surface area (Å²) in [5, 5.41) is 12.0. The Balaban J connectivity index is 1.33. The molecule has 2 N–H and O–H groups in total. The first-order chi connectivity index (χ1) is 16.2. The summed E-state index contributed by atoms with van der Waals surface area (Å²) >= 11 is 0. The van der Waals surface area contributed by atoms with E-state index in [1.807, 2.05) is 42.5 Å². The number of nitrogens with zero attached hydrogens (tertiary/aromatic N) is 3. The first-order valence-corrected chi connectivity index (χ1v) is 11.4. The van der Waals surface area contributed by atoms with Crippen LogP contribution in [0.2, 0.25) is 0 Å². The monoisotopic (exact) mass is 458 g/mol. The summed E-state index contributed by atoms with van der Waals surface area (Å²) in [5.74, 6) is -0.262. The predicted octanol–water partition coefficient (Wildman–Crippen LogP) is 4.66. The number of carboxylic acids is 1. The van der Waals surface area contributed by atoms with E-state index >= 15 is 0 Å². The van der Waals surface area contributed by atoms with Crippen LogP contribution in [0, 0.1) is 0 Å². The highest BCUT2D eigenvalue weighted by molar-refractivity contribution is 6.04. The van der Waals surface area contributed by atoms with Crippen molar-refractivity contribution in [1.82, 2.24) is 4.98 Å². The normalized spacial score (nSPS) is 14.1. The largest absolute Gasteiger partial charge is 0.478 e. The van der Waals surface area contributed by atoms with Gasteiger partial charge in [0, 0.05) is 43.8 Å². The van der Waals surface area contributed by atoms with Crippen LogP contribution in [0.15, 0.2) is 66.9 Å². The first-order valence-electron chi connectivity index (χ1n) is 11.4. The zero-order valence-corrected chi connectivity index (χ0v) is 19.8. The highest BCUT2D eigenvalue weighted by atomic mass is 16.4. The molecule has 2 heterocycles. The molecule has 1 aliphatic rings. The van der Waals surface area contributed by atoms with Gasteiger partial charge < -0.3 is 20.2 Å². The van der Waals surface area contributed by atoms with Crippen LogP contribution in [0.3, 0.4) is 0 Å². The lowest BCUT2D eigenvalue weighted by molar-refractivity contribution is 0.0696. The minimum absolute atomic E-state index is 0.0682. The summed E-state index contributed by atoms with van der Waals surface area (Å²) in [5.41, 5.74) is 3.86. The molecule has 0 bridgehead atoms. The molecule has 0 spiro atoms. The number of carboxylic acid groups (broad SMARTS) is 1. The van der Waals surface area contributed by atoms with Gasteiger partial charge in [0.05, 0.1) is 11.1 Å². The van der Waals surface area contributed by atoms with Crippen LogP contribution in [0.5, 0.6) is 0 Å². The molecule has 7 nitrogen and oxygen atoms in total. The van der Waals surface area contributed by atoms with Crippen LogP contribution in [0.4, 0.5) is 17.2 Å². The van der Waals surface area contributed by atoms with E-state index in [-0.39, 0.29) is 16.9 Å². The maximum Gasteiger partial charge on any atom is 0.335 e. The molecular formula is C27H30N4O3. The highest BCUT2D eigenvalue weighted by Crippen LogP contribution is 2.24. The Bertz CT molecular complexity index is 1140. The molecule has 0 unspecified atom stereocenters. The summed E-state index contributed by atoms with van der Waals surface area (Å²) in [4.78, 5) is 32.6. The van der Waals surface area contributed by atoms with Crippen molar-refractivity contribution in [3.05, 3.63) is 83.6 Å². The fourth-order valence-corrected chi connectivity index (χ4v) is 3.97. The zero-order chi connectivity index (χ0) is 24.3. The van der Waals surface area contributed by atoms with Gasteiger partial charge in [-0.05, 0) is 59.5 Å². The van der Waals surface area contributed by atoms with Crippen LogP contribution in [0.25, 0.3) is 0 Å². The molecule has 1 amide bonds. The van der Waals surface area contributed by atoms with Gasteiger partial charge in [0.1, 0.15) is 5.82 Å². The predicted molar refractivity (Wildman–Crippen MR) is 135 cm³/mol. The SMILES string of the molecule is CC(C)(C)c1ccc(NC(=O)c2ccc(N3CCN(c4ccc(C(=O)O)cc4)CC3)nc2)cc1. The third kappa shape index (κ3) is 5.36. The van der Waals surface area contributed by atoms with E-state index in [2.05, 4.69) is 40.9 Å². The van der Waals surface area contributed by atoms with E-state index < -0.39 is 5.97 Å². The van der Waals surface area contributed by atoms with Gasteiger partial charge in [-0.2, -0.15) is 0 Å². The quantitative estimate of drug-likeness (QED) is 0.579. The van der Waals surface area contributed by atoms with E-state index in [1.54, 1.807) is 24.4 Å². The third-order valence-electron chi connectivity index (χ3n) is 6.10. The van der Waals surface area contributed by atoms with Crippen LogP contribution in [-0.4, -0.2) is 48.1 Å². The maximum absolute atomic E-state index is 12.6. The van der Waals surface area contributed by atoms with Crippen molar-refractivity contribution < 1.29 is 14.7 Å². The Hall–Kier alpha value is -3.87.